The molecule has 2 heterocycles. The number of aromatic nitrogens is 2. The van der Waals surface area contributed by atoms with Gasteiger partial charge in [-0.2, -0.15) is 5.10 Å². The van der Waals surface area contributed by atoms with E-state index < -0.39 is 0 Å². The number of hydrogen-bond acceptors (Lipinski definition) is 3. The van der Waals surface area contributed by atoms with E-state index in [1.165, 1.54) is 5.56 Å². The molecule has 15 heavy (non-hydrogen) atoms. The molecule has 2 N–H and O–H groups in total. The summed E-state index contributed by atoms with van der Waals surface area (Å²) in [7, 11) is 1.93. The molecule has 0 aliphatic carbocycles. The first-order chi connectivity index (χ1) is 7.24. The van der Waals surface area contributed by atoms with Crippen LogP contribution in [-0.2, 0) is 13.5 Å². The van der Waals surface area contributed by atoms with Crippen molar-refractivity contribution in [2.75, 3.05) is 19.7 Å². The summed E-state index contributed by atoms with van der Waals surface area (Å²) >= 11 is 0. The fourth-order valence-electron chi connectivity index (χ4n) is 2.23. The van der Waals surface area contributed by atoms with Gasteiger partial charge in [0.25, 0.3) is 0 Å². The molecular formula is C11H19N3O. The highest BCUT2D eigenvalue weighted by atomic mass is 16.3. The third-order valence-corrected chi connectivity index (χ3v) is 3.37. The van der Waals surface area contributed by atoms with Crippen molar-refractivity contribution in [3.63, 3.8) is 0 Å². The third-order valence-electron chi connectivity index (χ3n) is 3.37. The Hall–Kier alpha value is -0.870. The van der Waals surface area contributed by atoms with E-state index in [9.17, 15) is 5.11 Å². The third kappa shape index (κ3) is 2.38. The van der Waals surface area contributed by atoms with Crippen molar-refractivity contribution < 1.29 is 5.11 Å². The van der Waals surface area contributed by atoms with Gasteiger partial charge in [0, 0.05) is 31.8 Å². The molecule has 1 saturated heterocycles. The molecule has 0 radical (unpaired) electrons. The van der Waals surface area contributed by atoms with Crippen molar-refractivity contribution in [2.45, 2.75) is 19.3 Å². The van der Waals surface area contributed by atoms with Crippen LogP contribution in [0.1, 0.15) is 18.4 Å². The number of rotatable bonds is 4. The second kappa shape index (κ2) is 4.33. The fraction of sp³-hybridized carbons (Fsp3) is 0.727. The minimum atomic E-state index is 0.107. The molecule has 4 heteroatoms. The monoisotopic (exact) mass is 209 g/mol. The molecular weight excluding hydrogens is 190 g/mol. The molecule has 1 aliphatic rings. The Balaban J connectivity index is 1.91. The Bertz CT molecular complexity index is 315. The molecule has 1 aromatic heterocycles. The van der Waals surface area contributed by atoms with Gasteiger partial charge in [-0.15, -0.1) is 0 Å². The molecule has 1 aromatic rings. The Morgan fingerprint density at radius 1 is 1.67 bits per heavy atom. The van der Waals surface area contributed by atoms with Gasteiger partial charge in [0.1, 0.15) is 0 Å². The molecule has 1 aliphatic heterocycles. The minimum Gasteiger partial charge on any atom is -0.396 e. The molecule has 2 rings (SSSR count). The molecule has 1 unspecified atom stereocenters. The summed E-state index contributed by atoms with van der Waals surface area (Å²) in [6, 6.07) is 0. The summed E-state index contributed by atoms with van der Waals surface area (Å²) < 4.78 is 1.83. The largest absolute Gasteiger partial charge is 0.396 e. The predicted octanol–water partition coefficient (Wildman–Crippen LogP) is 0.325. The predicted molar refractivity (Wildman–Crippen MR) is 58.5 cm³/mol. The van der Waals surface area contributed by atoms with E-state index >= 15 is 0 Å². The van der Waals surface area contributed by atoms with Gasteiger partial charge in [-0.25, -0.2) is 0 Å². The average molecular weight is 209 g/mol. The van der Waals surface area contributed by atoms with Crippen LogP contribution < -0.4 is 5.32 Å². The smallest absolute Gasteiger partial charge is 0.0521 e. The highest BCUT2D eigenvalue weighted by Gasteiger charge is 2.32. The van der Waals surface area contributed by atoms with Gasteiger partial charge in [0.2, 0.25) is 0 Å². The molecule has 1 atom stereocenters. The Morgan fingerprint density at radius 3 is 3.07 bits per heavy atom. The molecule has 0 aromatic carbocycles. The maximum Gasteiger partial charge on any atom is 0.0521 e. The zero-order valence-electron chi connectivity index (χ0n) is 9.24. The Kier molecular flexibility index (Phi) is 3.07. The topological polar surface area (TPSA) is 50.1 Å². The van der Waals surface area contributed by atoms with Gasteiger partial charge >= 0.3 is 0 Å². The van der Waals surface area contributed by atoms with E-state index in [4.69, 9.17) is 0 Å². The maximum absolute atomic E-state index is 9.44. The van der Waals surface area contributed by atoms with E-state index in [0.717, 1.165) is 32.4 Å². The number of nitrogens with zero attached hydrogens (tertiary/aromatic N) is 2. The maximum atomic E-state index is 9.44. The highest BCUT2D eigenvalue weighted by Crippen LogP contribution is 2.30. The summed E-state index contributed by atoms with van der Waals surface area (Å²) in [5.41, 5.74) is 1.37. The van der Waals surface area contributed by atoms with Gasteiger partial charge < -0.3 is 10.4 Å². The van der Waals surface area contributed by atoms with E-state index in [1.807, 2.05) is 24.1 Å². The summed E-state index contributed by atoms with van der Waals surface area (Å²) in [4.78, 5) is 0. The first kappa shape index (κ1) is 10.6. The zero-order chi connectivity index (χ0) is 10.7. The zero-order valence-corrected chi connectivity index (χ0v) is 9.24. The SMILES string of the molecule is Cn1cc(CCC2(CO)CCNC2)cn1. The van der Waals surface area contributed by atoms with Crippen molar-refractivity contribution in [1.82, 2.24) is 15.1 Å². The molecule has 0 amide bonds. The van der Waals surface area contributed by atoms with Crippen LogP contribution in [-0.4, -0.2) is 34.6 Å². The molecule has 0 saturated carbocycles. The second-order valence-electron chi connectivity index (χ2n) is 4.61. The lowest BCUT2D eigenvalue weighted by molar-refractivity contribution is 0.134. The second-order valence-corrected chi connectivity index (χ2v) is 4.61. The van der Waals surface area contributed by atoms with Crippen LogP contribution in [0.25, 0.3) is 0 Å². The Labute approximate surface area is 90.3 Å². The fourth-order valence-corrected chi connectivity index (χ4v) is 2.23. The standard InChI is InChI=1S/C11H19N3O/c1-14-7-10(6-13-14)2-3-11(9-15)4-5-12-8-11/h6-7,12,15H,2-5,8-9H2,1H3. The first-order valence-electron chi connectivity index (χ1n) is 5.53. The van der Waals surface area contributed by atoms with E-state index in [1.54, 1.807) is 0 Å². The van der Waals surface area contributed by atoms with Crippen LogP contribution in [0.4, 0.5) is 0 Å². The van der Waals surface area contributed by atoms with Gasteiger partial charge in [-0.1, -0.05) is 0 Å². The van der Waals surface area contributed by atoms with E-state index in [2.05, 4.69) is 10.4 Å². The summed E-state index contributed by atoms with van der Waals surface area (Å²) in [5, 5.41) is 16.9. The van der Waals surface area contributed by atoms with E-state index in [-0.39, 0.29) is 5.41 Å². The van der Waals surface area contributed by atoms with Crippen molar-refractivity contribution in [3.05, 3.63) is 18.0 Å². The Morgan fingerprint density at radius 2 is 2.53 bits per heavy atom. The van der Waals surface area contributed by atoms with Crippen LogP contribution >= 0.6 is 0 Å². The van der Waals surface area contributed by atoms with Crippen LogP contribution in [0.5, 0.6) is 0 Å². The van der Waals surface area contributed by atoms with Crippen LogP contribution in [0.3, 0.4) is 0 Å². The van der Waals surface area contributed by atoms with Crippen LogP contribution in [0, 0.1) is 5.41 Å². The molecule has 4 nitrogen and oxygen atoms in total. The lowest BCUT2D eigenvalue weighted by Gasteiger charge is -2.25. The lowest BCUT2D eigenvalue weighted by atomic mass is 9.82. The summed E-state index contributed by atoms with van der Waals surface area (Å²) in [6.45, 7) is 2.28. The lowest BCUT2D eigenvalue weighted by Crippen LogP contribution is -2.28. The van der Waals surface area contributed by atoms with Crippen LogP contribution in [0.2, 0.25) is 0 Å². The van der Waals surface area contributed by atoms with Crippen LogP contribution in [0.15, 0.2) is 12.4 Å². The quantitative estimate of drug-likeness (QED) is 0.751. The number of aryl methyl sites for hydroxylation is 2. The number of nitrogens with one attached hydrogen (secondary N) is 1. The van der Waals surface area contributed by atoms with Gasteiger partial charge in [0.05, 0.1) is 6.20 Å². The highest BCUT2D eigenvalue weighted by molar-refractivity contribution is 5.05. The minimum absolute atomic E-state index is 0.107. The van der Waals surface area contributed by atoms with Crippen molar-refractivity contribution in [2.24, 2.45) is 12.5 Å². The molecule has 1 fully saturated rings. The van der Waals surface area contributed by atoms with Crippen molar-refractivity contribution in [3.8, 4) is 0 Å². The first-order valence-corrected chi connectivity index (χ1v) is 5.53. The van der Waals surface area contributed by atoms with Crippen molar-refractivity contribution in [1.29, 1.82) is 0 Å². The number of aliphatic hydroxyl groups excluding tert-OH is 1. The van der Waals surface area contributed by atoms with Gasteiger partial charge in [0.15, 0.2) is 0 Å². The molecule has 84 valence electrons. The number of aliphatic hydroxyl groups is 1. The van der Waals surface area contributed by atoms with Gasteiger partial charge in [-0.05, 0) is 31.4 Å². The normalized spacial score (nSPS) is 26.0. The molecule has 0 bridgehead atoms. The van der Waals surface area contributed by atoms with Gasteiger partial charge in [-0.3, -0.25) is 4.68 Å². The average Bonchev–Trinajstić information content (AvgIpc) is 2.85. The van der Waals surface area contributed by atoms with E-state index in [0.29, 0.717) is 6.61 Å². The summed E-state index contributed by atoms with van der Waals surface area (Å²) in [5.74, 6) is 0. The summed E-state index contributed by atoms with van der Waals surface area (Å²) in [6.07, 6.45) is 7.10. The molecule has 0 spiro atoms. The van der Waals surface area contributed by atoms with Crippen molar-refractivity contribution >= 4 is 0 Å². The number of hydrogen-bond donors (Lipinski definition) is 2.